The second kappa shape index (κ2) is 6.54. The van der Waals surface area contributed by atoms with Crippen LogP contribution in [0.1, 0.15) is 21.7 Å². The van der Waals surface area contributed by atoms with Gasteiger partial charge >= 0.3 is 5.97 Å². The zero-order chi connectivity index (χ0) is 14.5. The first-order chi connectivity index (χ1) is 9.56. The van der Waals surface area contributed by atoms with Gasteiger partial charge in [-0.05, 0) is 36.1 Å². The monoisotopic (exact) mass is 309 g/mol. The number of amides is 1. The molecule has 2 aromatic rings. The molecule has 0 fully saturated rings. The molecular formula is C14H12ClNO3S. The number of carboxylic acid groups (broad SMARTS) is 1. The Hall–Kier alpha value is -1.85. The van der Waals surface area contributed by atoms with E-state index in [2.05, 4.69) is 5.32 Å². The van der Waals surface area contributed by atoms with Gasteiger partial charge in [0.1, 0.15) is 0 Å². The first-order valence-electron chi connectivity index (χ1n) is 5.91. The van der Waals surface area contributed by atoms with Gasteiger partial charge in [-0.1, -0.05) is 17.7 Å². The molecule has 20 heavy (non-hydrogen) atoms. The van der Waals surface area contributed by atoms with E-state index in [1.54, 1.807) is 11.3 Å². The zero-order valence-electron chi connectivity index (χ0n) is 10.4. The van der Waals surface area contributed by atoms with E-state index >= 15 is 0 Å². The van der Waals surface area contributed by atoms with Gasteiger partial charge in [-0.25, -0.2) is 4.79 Å². The van der Waals surface area contributed by atoms with Gasteiger partial charge in [-0.15, -0.1) is 11.3 Å². The van der Waals surface area contributed by atoms with Crippen LogP contribution in [-0.2, 0) is 11.2 Å². The molecule has 1 amide bonds. The SMILES string of the molecule is O=C(CCc1cccs1)Nc1ccc(C(=O)O)c(Cl)c1. The summed E-state index contributed by atoms with van der Waals surface area (Å²) in [5, 5.41) is 13.6. The van der Waals surface area contributed by atoms with Crippen molar-refractivity contribution in [2.45, 2.75) is 12.8 Å². The van der Waals surface area contributed by atoms with Gasteiger partial charge in [-0.2, -0.15) is 0 Å². The summed E-state index contributed by atoms with van der Waals surface area (Å²) >= 11 is 7.45. The molecule has 2 N–H and O–H groups in total. The van der Waals surface area contributed by atoms with Gasteiger partial charge < -0.3 is 10.4 Å². The van der Waals surface area contributed by atoms with Crippen molar-refractivity contribution in [3.8, 4) is 0 Å². The molecule has 0 aliphatic carbocycles. The van der Waals surface area contributed by atoms with E-state index in [1.807, 2.05) is 17.5 Å². The van der Waals surface area contributed by atoms with Crippen LogP contribution in [0.5, 0.6) is 0 Å². The number of aryl methyl sites for hydroxylation is 1. The molecule has 0 saturated carbocycles. The summed E-state index contributed by atoms with van der Waals surface area (Å²) in [7, 11) is 0. The molecule has 0 bridgehead atoms. The van der Waals surface area contributed by atoms with Crippen molar-refractivity contribution < 1.29 is 14.7 Å². The second-order valence-electron chi connectivity index (χ2n) is 4.13. The van der Waals surface area contributed by atoms with Crippen LogP contribution in [0.4, 0.5) is 5.69 Å². The Morgan fingerprint density at radius 3 is 2.70 bits per heavy atom. The van der Waals surface area contributed by atoms with Crippen LogP contribution in [-0.4, -0.2) is 17.0 Å². The summed E-state index contributed by atoms with van der Waals surface area (Å²) in [6, 6.07) is 8.27. The normalized spacial score (nSPS) is 10.2. The predicted molar refractivity (Wildman–Crippen MR) is 79.7 cm³/mol. The third-order valence-corrected chi connectivity index (χ3v) is 3.91. The number of rotatable bonds is 5. The zero-order valence-corrected chi connectivity index (χ0v) is 12.0. The molecule has 104 valence electrons. The van der Waals surface area contributed by atoms with Crippen molar-refractivity contribution in [3.63, 3.8) is 0 Å². The Bertz CT molecular complexity index is 625. The van der Waals surface area contributed by atoms with Crippen molar-refractivity contribution in [1.29, 1.82) is 0 Å². The minimum Gasteiger partial charge on any atom is -0.478 e. The maximum Gasteiger partial charge on any atom is 0.337 e. The Morgan fingerprint density at radius 2 is 2.10 bits per heavy atom. The van der Waals surface area contributed by atoms with Crippen molar-refractivity contribution in [2.24, 2.45) is 0 Å². The first-order valence-corrected chi connectivity index (χ1v) is 7.17. The topological polar surface area (TPSA) is 66.4 Å². The number of carbonyl (C=O) groups excluding carboxylic acids is 1. The number of halogens is 1. The van der Waals surface area contributed by atoms with Crippen molar-refractivity contribution in [2.75, 3.05) is 5.32 Å². The van der Waals surface area contributed by atoms with Crippen LogP contribution >= 0.6 is 22.9 Å². The lowest BCUT2D eigenvalue weighted by molar-refractivity contribution is -0.116. The molecule has 0 saturated heterocycles. The molecule has 4 nitrogen and oxygen atoms in total. The Kier molecular flexibility index (Phi) is 4.76. The number of carbonyl (C=O) groups is 2. The van der Waals surface area contributed by atoms with Crippen molar-refractivity contribution in [3.05, 3.63) is 51.2 Å². The van der Waals surface area contributed by atoms with E-state index in [9.17, 15) is 9.59 Å². The number of carboxylic acids is 1. The molecule has 1 heterocycles. The van der Waals surface area contributed by atoms with Crippen LogP contribution in [0.2, 0.25) is 5.02 Å². The molecule has 0 spiro atoms. The summed E-state index contributed by atoms with van der Waals surface area (Å²) in [5.41, 5.74) is 0.513. The minimum atomic E-state index is -1.09. The molecule has 1 aromatic carbocycles. The fraction of sp³-hybridized carbons (Fsp3) is 0.143. The van der Waals surface area contributed by atoms with Crippen LogP contribution < -0.4 is 5.32 Å². The van der Waals surface area contributed by atoms with Gasteiger partial charge in [0.05, 0.1) is 10.6 Å². The lowest BCUT2D eigenvalue weighted by Crippen LogP contribution is -2.12. The summed E-state index contributed by atoms with van der Waals surface area (Å²) in [5.74, 6) is -1.22. The van der Waals surface area contributed by atoms with E-state index < -0.39 is 5.97 Å². The molecule has 2 rings (SSSR count). The number of anilines is 1. The molecule has 0 aliphatic rings. The number of thiophene rings is 1. The molecule has 0 radical (unpaired) electrons. The molecule has 0 unspecified atom stereocenters. The highest BCUT2D eigenvalue weighted by Crippen LogP contribution is 2.21. The van der Waals surface area contributed by atoms with Gasteiger partial charge in [0.25, 0.3) is 0 Å². The lowest BCUT2D eigenvalue weighted by Gasteiger charge is -2.06. The first kappa shape index (κ1) is 14.6. The summed E-state index contributed by atoms with van der Waals surface area (Å²) in [6.45, 7) is 0. The third-order valence-electron chi connectivity index (χ3n) is 2.66. The van der Waals surface area contributed by atoms with Crippen LogP contribution in [0, 0.1) is 0 Å². The predicted octanol–water partition coefficient (Wildman–Crippen LogP) is 3.67. The minimum absolute atomic E-state index is 0.0169. The molecule has 1 aromatic heterocycles. The Labute approximate surface area is 125 Å². The highest BCUT2D eigenvalue weighted by Gasteiger charge is 2.10. The second-order valence-corrected chi connectivity index (χ2v) is 5.57. The van der Waals surface area contributed by atoms with E-state index in [0.717, 1.165) is 4.88 Å². The summed E-state index contributed by atoms with van der Waals surface area (Å²) in [6.07, 6.45) is 1.06. The van der Waals surface area contributed by atoms with Crippen LogP contribution in [0.25, 0.3) is 0 Å². The molecule has 0 aliphatic heterocycles. The van der Waals surface area contributed by atoms with Crippen LogP contribution in [0.15, 0.2) is 35.7 Å². The van der Waals surface area contributed by atoms with Gasteiger partial charge in [0, 0.05) is 17.0 Å². The average Bonchev–Trinajstić information content (AvgIpc) is 2.89. The van der Waals surface area contributed by atoms with Gasteiger partial charge in [0.2, 0.25) is 5.91 Å². The highest BCUT2D eigenvalue weighted by atomic mass is 35.5. The maximum atomic E-state index is 11.8. The highest BCUT2D eigenvalue weighted by molar-refractivity contribution is 7.09. The van der Waals surface area contributed by atoms with E-state index in [-0.39, 0.29) is 16.5 Å². The fourth-order valence-electron chi connectivity index (χ4n) is 1.68. The fourth-order valence-corrected chi connectivity index (χ4v) is 2.65. The summed E-state index contributed by atoms with van der Waals surface area (Å²) < 4.78 is 0. The largest absolute Gasteiger partial charge is 0.478 e. The van der Waals surface area contributed by atoms with E-state index in [0.29, 0.717) is 18.5 Å². The lowest BCUT2D eigenvalue weighted by atomic mass is 10.2. The number of nitrogens with one attached hydrogen (secondary N) is 1. The Morgan fingerprint density at radius 1 is 1.30 bits per heavy atom. The standard InChI is InChI=1S/C14H12ClNO3S/c15-12-8-9(3-5-11(12)14(18)19)16-13(17)6-4-10-2-1-7-20-10/h1-3,5,7-8H,4,6H2,(H,16,17)(H,18,19). The smallest absolute Gasteiger partial charge is 0.337 e. The summed E-state index contributed by atoms with van der Waals surface area (Å²) in [4.78, 5) is 23.7. The molecule has 6 heteroatoms. The number of aromatic carboxylic acids is 1. The number of hydrogen-bond acceptors (Lipinski definition) is 3. The molecule has 0 atom stereocenters. The van der Waals surface area contributed by atoms with E-state index in [1.165, 1.54) is 18.2 Å². The quantitative estimate of drug-likeness (QED) is 0.885. The van der Waals surface area contributed by atoms with Crippen molar-refractivity contribution >= 4 is 40.5 Å². The number of hydrogen-bond donors (Lipinski definition) is 2. The average molecular weight is 310 g/mol. The van der Waals surface area contributed by atoms with Crippen LogP contribution in [0.3, 0.4) is 0 Å². The third kappa shape index (κ3) is 3.82. The Balaban J connectivity index is 1.94. The van der Waals surface area contributed by atoms with Crippen molar-refractivity contribution in [1.82, 2.24) is 0 Å². The maximum absolute atomic E-state index is 11.8. The number of benzene rings is 1. The van der Waals surface area contributed by atoms with E-state index in [4.69, 9.17) is 16.7 Å². The molecular weight excluding hydrogens is 298 g/mol. The van der Waals surface area contributed by atoms with Gasteiger partial charge in [0.15, 0.2) is 0 Å². The van der Waals surface area contributed by atoms with Gasteiger partial charge in [-0.3, -0.25) is 4.79 Å².